The quantitative estimate of drug-likeness (QED) is 0.586. The topological polar surface area (TPSA) is 141 Å². The first-order valence-corrected chi connectivity index (χ1v) is 7.69. The Morgan fingerprint density at radius 3 is 2.83 bits per heavy atom. The highest BCUT2D eigenvalue weighted by Crippen LogP contribution is 2.27. The molecule has 0 aromatic carbocycles. The van der Waals surface area contributed by atoms with Crippen molar-refractivity contribution < 1.29 is 24.6 Å². The first-order chi connectivity index (χ1) is 11.4. The summed E-state index contributed by atoms with van der Waals surface area (Å²) in [5, 5.41) is 20.5. The van der Waals surface area contributed by atoms with E-state index in [2.05, 4.69) is 4.98 Å². The molecule has 0 radical (unpaired) electrons. The Balaban J connectivity index is 2.10. The number of aromatic hydroxyl groups is 1. The van der Waals surface area contributed by atoms with Crippen molar-refractivity contribution in [1.29, 1.82) is 0 Å². The molecule has 2 aromatic heterocycles. The van der Waals surface area contributed by atoms with E-state index in [1.807, 2.05) is 5.32 Å². The molecule has 1 aliphatic rings. The normalized spacial score (nSPS) is 13.6. The number of hydrogen-bond acceptors (Lipinski definition) is 7. The summed E-state index contributed by atoms with van der Waals surface area (Å²) >= 11 is 1.15. The van der Waals surface area contributed by atoms with Gasteiger partial charge in [0.25, 0.3) is 11.5 Å². The van der Waals surface area contributed by atoms with E-state index >= 15 is 0 Å². The Morgan fingerprint density at radius 2 is 2.17 bits per heavy atom. The molecule has 3 N–H and O–H groups in total. The van der Waals surface area contributed by atoms with Crippen LogP contribution in [0.15, 0.2) is 4.79 Å². The van der Waals surface area contributed by atoms with Gasteiger partial charge in [-0.1, -0.05) is 11.3 Å². The van der Waals surface area contributed by atoms with Crippen LogP contribution in [-0.4, -0.2) is 55.9 Å². The van der Waals surface area contributed by atoms with Crippen molar-refractivity contribution in [2.45, 2.75) is 13.0 Å². The van der Waals surface area contributed by atoms with Gasteiger partial charge in [-0.05, 0) is 0 Å². The molecule has 3 rings (SSSR count). The average molecular weight is 352 g/mol. The molecule has 0 saturated heterocycles. The molecule has 10 nitrogen and oxygen atoms in total. The number of amides is 2. The van der Waals surface area contributed by atoms with Crippen LogP contribution in [0, 0.1) is 0 Å². The molecule has 3 heterocycles. The number of thiazole rings is 1. The number of nitrogens with one attached hydrogen (secondary N) is 1. The molecule has 2 aromatic rings. The molecule has 0 saturated carbocycles. The van der Waals surface area contributed by atoms with E-state index in [4.69, 9.17) is 5.11 Å². The van der Waals surface area contributed by atoms with Crippen molar-refractivity contribution in [1.82, 2.24) is 19.6 Å². The van der Waals surface area contributed by atoms with Crippen LogP contribution in [0.4, 0.5) is 0 Å². The van der Waals surface area contributed by atoms with E-state index in [0.717, 1.165) is 16.2 Å². The van der Waals surface area contributed by atoms with Gasteiger partial charge in [0.1, 0.15) is 6.54 Å². The summed E-state index contributed by atoms with van der Waals surface area (Å²) in [7, 11) is 0. The van der Waals surface area contributed by atoms with Gasteiger partial charge in [-0.25, -0.2) is 0 Å². The highest BCUT2D eigenvalue weighted by molar-refractivity contribution is 7.17. The van der Waals surface area contributed by atoms with Gasteiger partial charge in [0.15, 0.2) is 5.56 Å². The maximum atomic E-state index is 12.6. The zero-order valence-corrected chi connectivity index (χ0v) is 13.0. The van der Waals surface area contributed by atoms with Crippen LogP contribution in [0.25, 0.3) is 4.96 Å². The Kier molecular flexibility index (Phi) is 3.93. The maximum Gasteiger partial charge on any atom is 0.322 e. The number of aliphatic carboxylic acids is 1. The summed E-state index contributed by atoms with van der Waals surface area (Å²) in [5.74, 6) is -3.04. The number of nitrogens with zero attached hydrogens (tertiary/aromatic N) is 3. The lowest BCUT2D eigenvalue weighted by Crippen LogP contribution is -2.36. The smallest absolute Gasteiger partial charge is 0.322 e. The van der Waals surface area contributed by atoms with Crippen LogP contribution in [0.1, 0.15) is 20.9 Å². The Bertz CT molecular complexity index is 917. The molecule has 2 amide bonds. The van der Waals surface area contributed by atoms with Gasteiger partial charge in [0, 0.05) is 23.5 Å². The fraction of sp³-hybridized carbons (Fsp3) is 0.308. The second-order valence-electron chi connectivity index (χ2n) is 5.11. The van der Waals surface area contributed by atoms with Crippen molar-refractivity contribution in [2.24, 2.45) is 0 Å². The van der Waals surface area contributed by atoms with Gasteiger partial charge < -0.3 is 20.4 Å². The van der Waals surface area contributed by atoms with Crippen LogP contribution in [0.3, 0.4) is 0 Å². The highest BCUT2D eigenvalue weighted by atomic mass is 32.1. The molecular formula is C13H12N4O6S. The molecular weight excluding hydrogens is 340 g/mol. The third-order valence-electron chi connectivity index (χ3n) is 3.60. The fourth-order valence-corrected chi connectivity index (χ4v) is 3.69. The summed E-state index contributed by atoms with van der Waals surface area (Å²) in [4.78, 5) is 52.4. The van der Waals surface area contributed by atoms with Gasteiger partial charge in [0.05, 0.1) is 6.54 Å². The highest BCUT2D eigenvalue weighted by Gasteiger charge is 2.26. The minimum Gasteiger partial charge on any atom is -0.492 e. The third kappa shape index (κ3) is 2.58. The van der Waals surface area contributed by atoms with Crippen LogP contribution < -0.4 is 10.9 Å². The van der Waals surface area contributed by atoms with E-state index in [9.17, 15) is 24.3 Å². The molecule has 0 unspecified atom stereocenters. The predicted octanol–water partition coefficient (Wildman–Crippen LogP) is -1.21. The summed E-state index contributed by atoms with van der Waals surface area (Å²) in [6.07, 6.45) is 1.13. The number of aromatic nitrogens is 2. The van der Waals surface area contributed by atoms with Crippen LogP contribution in [0.5, 0.6) is 5.88 Å². The molecule has 0 spiro atoms. The number of fused-ring (bicyclic) bond motifs is 3. The van der Waals surface area contributed by atoms with E-state index in [1.165, 1.54) is 4.40 Å². The van der Waals surface area contributed by atoms with E-state index < -0.39 is 35.4 Å². The van der Waals surface area contributed by atoms with Gasteiger partial charge in [0.2, 0.25) is 17.3 Å². The standard InChI is InChI=1S/C13H12N4O6S/c18-5-16-2-1-6-7(4-16)24-13-15-11(22)9(12(23)17(6)13)10(21)14-3-8(19)20/h5,22H,1-4H2,(H,14,21)(H,19,20). The number of carbonyl (C=O) groups is 3. The molecule has 0 bridgehead atoms. The Hall–Kier alpha value is -2.95. The largest absolute Gasteiger partial charge is 0.492 e. The number of carboxylic acid groups (broad SMARTS) is 1. The summed E-state index contributed by atoms with van der Waals surface area (Å²) < 4.78 is 1.23. The molecule has 126 valence electrons. The van der Waals surface area contributed by atoms with Crippen molar-refractivity contribution in [3.63, 3.8) is 0 Å². The molecule has 0 aliphatic carbocycles. The van der Waals surface area contributed by atoms with Crippen LogP contribution in [-0.2, 0) is 22.6 Å². The van der Waals surface area contributed by atoms with Crippen molar-refractivity contribution >= 4 is 34.6 Å². The lowest BCUT2D eigenvalue weighted by atomic mass is 10.2. The van der Waals surface area contributed by atoms with Crippen molar-refractivity contribution in [3.05, 3.63) is 26.5 Å². The van der Waals surface area contributed by atoms with Crippen LogP contribution in [0.2, 0.25) is 0 Å². The number of carboxylic acids is 1. The van der Waals surface area contributed by atoms with Gasteiger partial charge in [-0.3, -0.25) is 23.6 Å². The molecule has 0 fully saturated rings. The Labute approximate surface area is 138 Å². The van der Waals surface area contributed by atoms with Gasteiger partial charge in [-0.15, -0.1) is 0 Å². The number of carbonyl (C=O) groups excluding carboxylic acids is 2. The minimum absolute atomic E-state index is 0.213. The average Bonchev–Trinajstić information content (AvgIpc) is 2.89. The zero-order chi connectivity index (χ0) is 17.4. The van der Waals surface area contributed by atoms with Crippen molar-refractivity contribution in [3.8, 4) is 5.88 Å². The third-order valence-corrected chi connectivity index (χ3v) is 4.67. The van der Waals surface area contributed by atoms with Gasteiger partial charge >= 0.3 is 5.97 Å². The zero-order valence-electron chi connectivity index (χ0n) is 12.2. The van der Waals surface area contributed by atoms with Crippen LogP contribution >= 0.6 is 11.3 Å². The number of rotatable bonds is 4. The monoisotopic (exact) mass is 352 g/mol. The minimum atomic E-state index is -1.28. The lowest BCUT2D eigenvalue weighted by Gasteiger charge is -2.22. The second kappa shape index (κ2) is 5.92. The van der Waals surface area contributed by atoms with Crippen molar-refractivity contribution in [2.75, 3.05) is 13.1 Å². The molecule has 11 heteroatoms. The predicted molar refractivity (Wildman–Crippen MR) is 81.2 cm³/mol. The molecule has 24 heavy (non-hydrogen) atoms. The van der Waals surface area contributed by atoms with E-state index in [0.29, 0.717) is 31.6 Å². The maximum absolute atomic E-state index is 12.6. The fourth-order valence-electron chi connectivity index (χ4n) is 2.51. The summed E-state index contributed by atoms with van der Waals surface area (Å²) in [6.45, 7) is 0.0697. The molecule has 1 aliphatic heterocycles. The second-order valence-corrected chi connectivity index (χ2v) is 6.17. The van der Waals surface area contributed by atoms with E-state index in [1.54, 1.807) is 4.90 Å². The lowest BCUT2D eigenvalue weighted by molar-refractivity contribution is -0.135. The Morgan fingerprint density at radius 1 is 1.42 bits per heavy atom. The first-order valence-electron chi connectivity index (χ1n) is 6.88. The SMILES string of the molecule is O=CN1CCc2c(sc3nc(O)c(C(=O)NCC(=O)O)c(=O)n23)C1. The first kappa shape index (κ1) is 15.9. The van der Waals surface area contributed by atoms with E-state index in [-0.39, 0.29) is 4.96 Å². The summed E-state index contributed by atoms with van der Waals surface area (Å²) in [5.41, 5.74) is -0.734. The number of hydrogen-bond donors (Lipinski definition) is 3. The van der Waals surface area contributed by atoms with Gasteiger partial charge in [-0.2, -0.15) is 4.98 Å². The summed E-state index contributed by atoms with van der Waals surface area (Å²) in [6, 6.07) is 0. The molecule has 0 atom stereocenters.